The Morgan fingerprint density at radius 1 is 0.568 bits per heavy atom. The zero-order valence-electron chi connectivity index (χ0n) is 22.9. The Kier molecular flexibility index (Phi) is 7.97. The van der Waals surface area contributed by atoms with E-state index in [2.05, 4.69) is 114 Å². The molecular formula is C33H39O2PSi. The second kappa shape index (κ2) is 10.9. The highest BCUT2D eigenvalue weighted by atomic mass is 31.4. The smallest absolute Gasteiger partial charge is 0.123 e. The molecule has 0 atom stereocenters. The van der Waals surface area contributed by atoms with Crippen molar-refractivity contribution in [3.8, 4) is 11.5 Å². The predicted molar refractivity (Wildman–Crippen MR) is 163 cm³/mol. The van der Waals surface area contributed by atoms with Crippen LogP contribution in [0.1, 0.15) is 69.3 Å². The second-order valence-corrected chi connectivity index (χ2v) is 17.9. The van der Waals surface area contributed by atoms with Gasteiger partial charge in [0.25, 0.3) is 0 Å². The van der Waals surface area contributed by atoms with Gasteiger partial charge < -0.3 is 10.2 Å². The molecule has 0 aliphatic carbocycles. The van der Waals surface area contributed by atoms with Gasteiger partial charge in [0.2, 0.25) is 0 Å². The molecule has 4 aromatic rings. The van der Waals surface area contributed by atoms with Gasteiger partial charge in [0.1, 0.15) is 11.5 Å². The van der Waals surface area contributed by atoms with Crippen LogP contribution in [0, 0.1) is 0 Å². The molecule has 4 rings (SSSR count). The maximum Gasteiger partial charge on any atom is 0.123 e. The first-order chi connectivity index (χ1) is 17.4. The van der Waals surface area contributed by atoms with Crippen molar-refractivity contribution in [3.63, 3.8) is 0 Å². The molecule has 0 amide bonds. The zero-order chi connectivity index (χ0) is 26.8. The minimum absolute atomic E-state index is 0.0431. The van der Waals surface area contributed by atoms with Crippen molar-refractivity contribution in [2.24, 2.45) is 0 Å². The Bertz CT molecular complexity index is 1240. The summed E-state index contributed by atoms with van der Waals surface area (Å²) in [5.74, 6) is 0.652. The van der Waals surface area contributed by atoms with Crippen LogP contribution in [-0.2, 0) is 10.8 Å². The summed E-state index contributed by atoms with van der Waals surface area (Å²) in [6.45, 7) is 13.2. The molecule has 0 aliphatic rings. The number of phenolic OH excluding ortho intramolecular Hbond substituents is 2. The van der Waals surface area contributed by atoms with E-state index in [0.717, 1.165) is 10.6 Å². The van der Waals surface area contributed by atoms with Gasteiger partial charge in [-0.15, -0.1) is 0 Å². The van der Waals surface area contributed by atoms with Crippen molar-refractivity contribution in [1.29, 1.82) is 0 Å². The number of rotatable bonds is 6. The third-order valence-electron chi connectivity index (χ3n) is 7.03. The minimum Gasteiger partial charge on any atom is -0.507 e. The summed E-state index contributed by atoms with van der Waals surface area (Å²) < 4.78 is 0. The predicted octanol–water partition coefficient (Wildman–Crippen LogP) is 7.00. The average Bonchev–Trinajstić information content (AvgIpc) is 2.86. The maximum absolute atomic E-state index is 11.3. The third-order valence-corrected chi connectivity index (χ3v) is 14.8. The van der Waals surface area contributed by atoms with Crippen molar-refractivity contribution in [3.05, 3.63) is 119 Å². The van der Waals surface area contributed by atoms with Gasteiger partial charge in [0, 0.05) is 16.2 Å². The monoisotopic (exact) mass is 526 g/mol. The molecule has 37 heavy (non-hydrogen) atoms. The van der Waals surface area contributed by atoms with Gasteiger partial charge in [0.15, 0.2) is 0 Å². The van der Waals surface area contributed by atoms with Crippen molar-refractivity contribution in [2.75, 3.05) is 0 Å². The molecule has 0 bridgehead atoms. The highest BCUT2D eigenvalue weighted by Gasteiger charge is 2.29. The molecule has 0 radical (unpaired) electrons. The number of benzene rings is 4. The summed E-state index contributed by atoms with van der Waals surface area (Å²) in [5, 5.41) is 24.5. The summed E-state index contributed by atoms with van der Waals surface area (Å²) in [4.78, 5) is 0. The average molecular weight is 527 g/mol. The summed E-state index contributed by atoms with van der Waals surface area (Å²) in [5.41, 5.74) is 5.16. The first-order valence-electron chi connectivity index (χ1n) is 13.0. The number of aromatic hydroxyl groups is 2. The van der Waals surface area contributed by atoms with E-state index in [-0.39, 0.29) is 16.4 Å². The molecule has 0 unspecified atom stereocenters. The van der Waals surface area contributed by atoms with Crippen LogP contribution in [0.3, 0.4) is 0 Å². The topological polar surface area (TPSA) is 40.5 Å². The maximum atomic E-state index is 11.3. The van der Waals surface area contributed by atoms with Crippen LogP contribution in [0.2, 0.25) is 0 Å². The van der Waals surface area contributed by atoms with Gasteiger partial charge in [-0.05, 0) is 57.3 Å². The number of phenols is 2. The zero-order valence-corrected chi connectivity index (χ0v) is 25.2. The third kappa shape index (κ3) is 6.34. The highest BCUT2D eigenvalue weighted by molar-refractivity contribution is 7.97. The molecule has 0 spiro atoms. The van der Waals surface area contributed by atoms with Crippen molar-refractivity contribution < 1.29 is 10.2 Å². The largest absolute Gasteiger partial charge is 0.507 e. The van der Waals surface area contributed by atoms with Crippen LogP contribution in [0.4, 0.5) is 0 Å². The van der Waals surface area contributed by atoms with Crippen LogP contribution in [0.25, 0.3) is 0 Å². The van der Waals surface area contributed by atoms with Crippen LogP contribution >= 0.6 is 7.47 Å². The molecule has 0 aliphatic heterocycles. The first-order valence-corrected chi connectivity index (χ1v) is 17.2. The van der Waals surface area contributed by atoms with Crippen molar-refractivity contribution in [2.45, 2.75) is 57.9 Å². The SMILES string of the molecule is CC(C)(C)c1ccc(O)c(P([SiH2]C(c2ccccc2)c2ccccc2)c2cc(C(C)(C)C)ccc2O)c1. The molecule has 0 saturated heterocycles. The van der Waals surface area contributed by atoms with Gasteiger partial charge in [-0.25, -0.2) is 0 Å². The van der Waals surface area contributed by atoms with E-state index in [0.29, 0.717) is 11.5 Å². The van der Waals surface area contributed by atoms with Gasteiger partial charge in [-0.1, -0.05) is 122 Å². The van der Waals surface area contributed by atoms with E-state index < -0.39 is 16.7 Å². The second-order valence-electron chi connectivity index (χ2n) is 11.9. The van der Waals surface area contributed by atoms with E-state index >= 15 is 0 Å². The minimum atomic E-state index is -0.971. The number of hydrogen-bond donors (Lipinski definition) is 2. The van der Waals surface area contributed by atoms with Gasteiger partial charge in [0.05, 0.1) is 9.19 Å². The number of hydrogen-bond acceptors (Lipinski definition) is 2. The lowest BCUT2D eigenvalue weighted by Gasteiger charge is -2.29. The highest BCUT2D eigenvalue weighted by Crippen LogP contribution is 2.45. The summed E-state index contributed by atoms with van der Waals surface area (Å²) in [7, 11) is -1.94. The Hall–Kier alpha value is -2.87. The molecule has 2 N–H and O–H groups in total. The molecule has 192 valence electrons. The Morgan fingerprint density at radius 2 is 0.946 bits per heavy atom. The quantitative estimate of drug-likeness (QED) is 0.210. The van der Waals surface area contributed by atoms with E-state index in [9.17, 15) is 10.2 Å². The van der Waals surface area contributed by atoms with E-state index in [1.807, 2.05) is 24.3 Å². The van der Waals surface area contributed by atoms with Crippen LogP contribution in [0.5, 0.6) is 11.5 Å². The van der Waals surface area contributed by atoms with E-state index in [1.165, 1.54) is 22.3 Å². The Balaban J connectivity index is 1.95. The van der Waals surface area contributed by atoms with Crippen molar-refractivity contribution in [1.82, 2.24) is 0 Å². The standard InChI is InChI=1S/C33H39O2PSi/c1-32(2,3)25-17-19-27(34)29(21-25)36(30-22-26(33(4,5)6)18-20-28(30)35)37-31(23-13-9-7-10-14-23)24-15-11-8-12-16-24/h7-22,31,34-35H,37H2,1-6H3. The van der Waals surface area contributed by atoms with Crippen LogP contribution < -0.4 is 10.6 Å². The molecule has 2 nitrogen and oxygen atoms in total. The lowest BCUT2D eigenvalue weighted by atomic mass is 9.87. The van der Waals surface area contributed by atoms with E-state index in [1.54, 1.807) is 0 Å². The molecular weight excluding hydrogens is 487 g/mol. The fourth-order valence-corrected chi connectivity index (χ4v) is 13.0. The Morgan fingerprint density at radius 3 is 1.30 bits per heavy atom. The molecule has 0 saturated carbocycles. The van der Waals surface area contributed by atoms with Gasteiger partial charge in [-0.2, -0.15) is 0 Å². The molecule has 4 heteroatoms. The fraction of sp³-hybridized carbons (Fsp3) is 0.273. The molecule has 4 aromatic carbocycles. The van der Waals surface area contributed by atoms with Gasteiger partial charge >= 0.3 is 0 Å². The normalized spacial score (nSPS) is 12.6. The molecule has 0 aromatic heterocycles. The summed E-state index contributed by atoms with van der Waals surface area (Å²) in [6, 6.07) is 33.6. The lowest BCUT2D eigenvalue weighted by Crippen LogP contribution is -2.25. The van der Waals surface area contributed by atoms with Crippen molar-refractivity contribution >= 4 is 27.3 Å². The van der Waals surface area contributed by atoms with E-state index in [4.69, 9.17) is 0 Å². The van der Waals surface area contributed by atoms with Crippen LogP contribution in [0.15, 0.2) is 97.1 Å². The molecule has 0 fully saturated rings. The first kappa shape index (κ1) is 27.2. The molecule has 0 heterocycles. The lowest BCUT2D eigenvalue weighted by molar-refractivity contribution is 0.478. The van der Waals surface area contributed by atoms with Gasteiger partial charge in [-0.3, -0.25) is 0 Å². The summed E-state index contributed by atoms with van der Waals surface area (Å²) in [6.07, 6.45) is 0. The fourth-order valence-electron chi connectivity index (χ4n) is 4.70. The Labute approximate surface area is 225 Å². The van der Waals surface area contributed by atoms with Crippen LogP contribution in [-0.4, -0.2) is 19.4 Å². The summed E-state index contributed by atoms with van der Waals surface area (Å²) >= 11 is 0.